The normalized spacial score (nSPS) is 11.4. The van der Waals surface area contributed by atoms with Crippen LogP contribution in [0.3, 0.4) is 0 Å². The molecule has 1 atom stereocenters. The third-order valence-electron chi connectivity index (χ3n) is 4.76. The number of aryl methyl sites for hydroxylation is 1. The molecule has 8 nitrogen and oxygen atoms in total. The van der Waals surface area contributed by atoms with E-state index in [1.54, 1.807) is 31.4 Å². The summed E-state index contributed by atoms with van der Waals surface area (Å²) in [6.45, 7) is 1.23. The molecule has 0 spiro atoms. The van der Waals surface area contributed by atoms with Crippen molar-refractivity contribution in [2.75, 3.05) is 6.26 Å². The Hall–Kier alpha value is -3.69. The van der Waals surface area contributed by atoms with Gasteiger partial charge in [-0.3, -0.25) is 4.21 Å². The van der Waals surface area contributed by atoms with Crippen molar-refractivity contribution >= 4 is 45.9 Å². The van der Waals surface area contributed by atoms with Gasteiger partial charge in [-0.2, -0.15) is 0 Å². The highest BCUT2D eigenvalue weighted by Crippen LogP contribution is 2.32. The molecule has 10 heteroatoms. The first-order chi connectivity index (χ1) is 15.7. The number of fused-ring (bicyclic) bond motifs is 1. The molecule has 0 aliphatic rings. The monoisotopic (exact) mass is 486 g/mol. The standard InChI is InChI=1S/C22H17ClN2O4S.CH2O2/c1-12-3-6-14(9-16(12)21(26)27)29-22-24-19-10-17(18(23)11-20(19)25-22)13-4-7-15(8-5-13)30(2)28;2-1-3/h3-11H,1-2H3,(H,24,25)(H,26,27);1H,(H,2,3). The van der Waals surface area contributed by atoms with E-state index in [9.17, 15) is 14.1 Å². The molecular weight excluding hydrogens is 468 g/mol. The van der Waals surface area contributed by atoms with E-state index in [0.717, 1.165) is 27.1 Å². The molecule has 1 heterocycles. The average molecular weight is 487 g/mol. The summed E-state index contributed by atoms with van der Waals surface area (Å²) in [5, 5.41) is 18.1. The van der Waals surface area contributed by atoms with E-state index in [1.807, 2.05) is 30.3 Å². The van der Waals surface area contributed by atoms with Crippen LogP contribution >= 0.6 is 11.6 Å². The number of hydrogen-bond donors (Lipinski definition) is 2. The summed E-state index contributed by atoms with van der Waals surface area (Å²) < 4.78 is 17.4. The second-order valence-corrected chi connectivity index (χ2v) is 8.70. The molecule has 1 aromatic heterocycles. The van der Waals surface area contributed by atoms with Crippen molar-refractivity contribution in [1.82, 2.24) is 4.98 Å². The van der Waals surface area contributed by atoms with Crippen molar-refractivity contribution in [3.8, 4) is 22.9 Å². The van der Waals surface area contributed by atoms with Gasteiger partial charge in [-0.25, -0.2) is 14.8 Å². The van der Waals surface area contributed by atoms with E-state index >= 15 is 0 Å². The van der Waals surface area contributed by atoms with E-state index in [-0.39, 0.29) is 5.56 Å². The first-order valence-corrected chi connectivity index (χ1v) is 11.4. The number of carbonyl (C=O) groups excluding carboxylic acids is 1. The van der Waals surface area contributed by atoms with Crippen LogP contribution in [0.2, 0.25) is 5.02 Å². The minimum Gasteiger partial charge on any atom is -0.554 e. The Balaban J connectivity index is 0.000000968. The molecule has 3 N–H and O–H groups in total. The third kappa shape index (κ3) is 5.57. The van der Waals surface area contributed by atoms with Crippen LogP contribution in [0, 0.1) is 6.92 Å². The second kappa shape index (κ2) is 10.3. The molecule has 4 aromatic rings. The molecule has 0 fully saturated rings. The van der Waals surface area contributed by atoms with Crippen molar-refractivity contribution in [1.29, 1.82) is 0 Å². The Morgan fingerprint density at radius 1 is 1.18 bits per heavy atom. The zero-order valence-corrected chi connectivity index (χ0v) is 19.1. The highest BCUT2D eigenvalue weighted by Gasteiger charge is 2.17. The highest BCUT2D eigenvalue weighted by atomic mass is 35.5. The fourth-order valence-corrected chi connectivity index (χ4v) is 3.96. The number of rotatable bonds is 5. The lowest BCUT2D eigenvalue weighted by atomic mass is 10.1. The average Bonchev–Trinajstić information content (AvgIpc) is 3.16. The van der Waals surface area contributed by atoms with Gasteiger partial charge in [0.1, 0.15) is 5.75 Å². The van der Waals surface area contributed by atoms with Crippen LogP contribution in [0.15, 0.2) is 59.5 Å². The van der Waals surface area contributed by atoms with Crippen molar-refractivity contribution in [3.63, 3.8) is 0 Å². The van der Waals surface area contributed by atoms with Crippen LogP contribution in [-0.4, -0.2) is 33.0 Å². The Morgan fingerprint density at radius 3 is 2.45 bits per heavy atom. The number of hydrogen-bond acceptors (Lipinski definition) is 5. The maximum atomic E-state index is 11.6. The van der Waals surface area contributed by atoms with Crippen LogP contribution in [0.25, 0.3) is 22.2 Å². The Kier molecular flexibility index (Phi) is 7.47. The molecule has 0 aliphatic heterocycles. The maximum absolute atomic E-state index is 11.6. The van der Waals surface area contributed by atoms with Gasteiger partial charge in [0.05, 0.1) is 10.6 Å². The number of H-pyrrole nitrogens is 2. The Morgan fingerprint density at radius 2 is 1.85 bits per heavy atom. The molecule has 0 aliphatic carbocycles. The van der Waals surface area contributed by atoms with E-state index in [4.69, 9.17) is 26.2 Å². The molecular formula is C23H19ClN2O6S. The first kappa shape index (κ1) is 24.0. The largest absolute Gasteiger partial charge is 0.554 e. The van der Waals surface area contributed by atoms with Gasteiger partial charge in [0.15, 0.2) is 11.0 Å². The van der Waals surface area contributed by atoms with E-state index in [2.05, 4.69) is 9.97 Å². The summed E-state index contributed by atoms with van der Waals surface area (Å²) in [6.07, 6.45) is 1.64. The van der Waals surface area contributed by atoms with Gasteiger partial charge in [-0.15, -0.1) is 0 Å². The zero-order valence-electron chi connectivity index (χ0n) is 17.5. The summed E-state index contributed by atoms with van der Waals surface area (Å²) >= 11 is 6.48. The number of benzene rings is 3. The SMILES string of the molecule is Cc1ccc(Oc2[nH]c3cc(Cl)c(-c4ccc(S(C)=O)cc4)cc3[nH+]2)cc1C(=O)O.O=C[O-]. The fourth-order valence-electron chi connectivity index (χ4n) is 3.17. The molecule has 4 rings (SSSR count). The van der Waals surface area contributed by atoms with E-state index < -0.39 is 23.2 Å². The highest BCUT2D eigenvalue weighted by molar-refractivity contribution is 7.84. The lowest BCUT2D eigenvalue weighted by molar-refractivity contribution is -0.359. The van der Waals surface area contributed by atoms with Gasteiger partial charge in [0.25, 0.3) is 0 Å². The van der Waals surface area contributed by atoms with Crippen LogP contribution < -0.4 is 14.8 Å². The molecule has 0 saturated heterocycles. The van der Waals surface area contributed by atoms with Gasteiger partial charge in [0, 0.05) is 40.1 Å². The van der Waals surface area contributed by atoms with Gasteiger partial charge in [0.2, 0.25) is 0 Å². The first-order valence-electron chi connectivity index (χ1n) is 9.49. The predicted molar refractivity (Wildman–Crippen MR) is 122 cm³/mol. The molecule has 3 aromatic carbocycles. The van der Waals surface area contributed by atoms with E-state index in [0.29, 0.717) is 22.3 Å². The number of carboxylic acids is 1. The number of imidazole rings is 1. The summed E-state index contributed by atoms with van der Waals surface area (Å²) in [6, 6.07) is 16.3. The fraction of sp³-hybridized carbons (Fsp3) is 0.0870. The van der Waals surface area contributed by atoms with Crippen LogP contribution in [0.1, 0.15) is 15.9 Å². The zero-order chi connectivity index (χ0) is 24.1. The van der Waals surface area contributed by atoms with Crippen LogP contribution in [-0.2, 0) is 15.6 Å². The van der Waals surface area contributed by atoms with Crippen molar-refractivity contribution in [2.45, 2.75) is 11.8 Å². The summed E-state index contributed by atoms with van der Waals surface area (Å²) in [5.74, 6) is -0.608. The summed E-state index contributed by atoms with van der Waals surface area (Å²) in [5.41, 5.74) is 4.09. The van der Waals surface area contributed by atoms with Crippen molar-refractivity contribution in [2.24, 2.45) is 0 Å². The van der Waals surface area contributed by atoms with Crippen molar-refractivity contribution < 1.29 is 33.7 Å². The number of aromatic amines is 2. The number of ether oxygens (including phenoxy) is 1. The lowest BCUT2D eigenvalue weighted by Gasteiger charge is -2.04. The number of nitrogens with one attached hydrogen (secondary N) is 2. The van der Waals surface area contributed by atoms with Crippen molar-refractivity contribution in [3.05, 3.63) is 70.7 Å². The predicted octanol–water partition coefficient (Wildman–Crippen LogP) is 3.20. The minimum atomic E-state index is -1.04. The molecule has 33 heavy (non-hydrogen) atoms. The number of aromatic nitrogens is 2. The number of aromatic carboxylic acids is 1. The molecule has 0 saturated carbocycles. The topological polar surface area (TPSA) is 134 Å². The van der Waals surface area contributed by atoms with Gasteiger partial charge < -0.3 is 19.7 Å². The van der Waals surface area contributed by atoms with Gasteiger partial charge in [-0.1, -0.05) is 29.8 Å². The molecule has 1 unspecified atom stereocenters. The van der Waals surface area contributed by atoms with Crippen LogP contribution in [0.4, 0.5) is 0 Å². The lowest BCUT2D eigenvalue weighted by Crippen LogP contribution is -2.04. The molecule has 170 valence electrons. The molecule has 0 amide bonds. The molecule has 0 radical (unpaired) electrons. The second-order valence-electron chi connectivity index (χ2n) is 6.92. The quantitative estimate of drug-likeness (QED) is 0.416. The molecule has 0 bridgehead atoms. The minimum absolute atomic E-state index is 0.186. The Labute approximate surface area is 196 Å². The Bertz CT molecular complexity index is 1350. The summed E-state index contributed by atoms with van der Waals surface area (Å²) in [7, 11) is -1.04. The van der Waals surface area contributed by atoms with Gasteiger partial charge >= 0.3 is 12.0 Å². The number of halogens is 1. The maximum Gasteiger partial charge on any atom is 0.458 e. The smallest absolute Gasteiger partial charge is 0.458 e. The van der Waals surface area contributed by atoms with Crippen LogP contribution in [0.5, 0.6) is 11.8 Å². The van der Waals surface area contributed by atoms with Gasteiger partial charge in [-0.05, 0) is 48.4 Å². The summed E-state index contributed by atoms with van der Waals surface area (Å²) in [4.78, 5) is 26.6. The van der Waals surface area contributed by atoms with E-state index in [1.165, 1.54) is 6.07 Å². The third-order valence-corrected chi connectivity index (χ3v) is 6.01. The number of carbonyl (C=O) groups is 2. The number of carboxylic acid groups (broad SMARTS) is 2.